The van der Waals surface area contributed by atoms with Crippen molar-refractivity contribution in [3.8, 4) is 0 Å². The average molecular weight is 153 g/mol. The van der Waals surface area contributed by atoms with Crippen LogP contribution in [0.2, 0.25) is 0 Å². The lowest BCUT2D eigenvalue weighted by Gasteiger charge is -2.38. The van der Waals surface area contributed by atoms with Gasteiger partial charge < -0.3 is 5.73 Å². The van der Waals surface area contributed by atoms with Gasteiger partial charge in [-0.05, 0) is 31.1 Å². The zero-order valence-corrected chi connectivity index (χ0v) is 7.26. The van der Waals surface area contributed by atoms with E-state index < -0.39 is 0 Å². The minimum atomic E-state index is 0.536. The van der Waals surface area contributed by atoms with Crippen LogP contribution in [-0.2, 0) is 0 Å². The van der Waals surface area contributed by atoms with Gasteiger partial charge in [0.05, 0.1) is 0 Å². The third-order valence-corrected chi connectivity index (χ3v) is 3.58. The molecule has 0 amide bonds. The monoisotopic (exact) mass is 153 g/mol. The van der Waals surface area contributed by atoms with Gasteiger partial charge in [0.25, 0.3) is 0 Å². The minimum Gasteiger partial charge on any atom is -0.328 e. The maximum Gasteiger partial charge on any atom is 0.00416 e. The first-order valence-electron chi connectivity index (χ1n) is 5.12. The van der Waals surface area contributed by atoms with Gasteiger partial charge in [-0.1, -0.05) is 25.7 Å². The number of fused-ring (bicyclic) bond motifs is 1. The third-order valence-electron chi connectivity index (χ3n) is 3.58. The smallest absolute Gasteiger partial charge is 0.00416 e. The summed E-state index contributed by atoms with van der Waals surface area (Å²) in [7, 11) is 0. The summed E-state index contributed by atoms with van der Waals surface area (Å²) in [4.78, 5) is 0. The first-order valence-corrected chi connectivity index (χ1v) is 5.12. The van der Waals surface area contributed by atoms with E-state index in [0.29, 0.717) is 6.04 Å². The minimum absolute atomic E-state index is 0.536. The second-order valence-electron chi connectivity index (χ2n) is 4.38. The van der Waals surface area contributed by atoms with E-state index in [1.807, 2.05) is 0 Å². The van der Waals surface area contributed by atoms with Crippen LogP contribution >= 0.6 is 0 Å². The number of hydrogen-bond acceptors (Lipinski definition) is 1. The van der Waals surface area contributed by atoms with Crippen LogP contribution < -0.4 is 5.73 Å². The lowest BCUT2D eigenvalue weighted by Crippen LogP contribution is -2.34. The molecule has 0 saturated heterocycles. The fraction of sp³-hybridized carbons (Fsp3) is 1.00. The molecule has 2 fully saturated rings. The molecule has 0 aromatic carbocycles. The van der Waals surface area contributed by atoms with E-state index in [2.05, 4.69) is 0 Å². The van der Waals surface area contributed by atoms with Crippen LogP contribution in [0.3, 0.4) is 0 Å². The maximum atomic E-state index is 5.94. The molecule has 2 aliphatic rings. The Hall–Kier alpha value is -0.0400. The van der Waals surface area contributed by atoms with E-state index in [1.165, 1.54) is 44.9 Å². The summed E-state index contributed by atoms with van der Waals surface area (Å²) in [6.45, 7) is 0. The summed E-state index contributed by atoms with van der Waals surface area (Å²) >= 11 is 0. The van der Waals surface area contributed by atoms with Crippen molar-refractivity contribution in [1.82, 2.24) is 0 Å². The molecule has 11 heavy (non-hydrogen) atoms. The van der Waals surface area contributed by atoms with Gasteiger partial charge in [0.2, 0.25) is 0 Å². The SMILES string of the molecule is N[C@H]1CCC2CCCC[C@H]2C1. The Labute approximate surface area is 69.4 Å². The van der Waals surface area contributed by atoms with Crippen LogP contribution in [0.1, 0.15) is 44.9 Å². The molecule has 1 heteroatoms. The highest BCUT2D eigenvalue weighted by molar-refractivity contribution is 4.84. The molecule has 2 aliphatic carbocycles. The van der Waals surface area contributed by atoms with Crippen molar-refractivity contribution in [3.63, 3.8) is 0 Å². The van der Waals surface area contributed by atoms with Crippen molar-refractivity contribution in [1.29, 1.82) is 0 Å². The highest BCUT2D eigenvalue weighted by Crippen LogP contribution is 2.39. The number of hydrogen-bond donors (Lipinski definition) is 1. The summed E-state index contributed by atoms with van der Waals surface area (Å²) in [6.07, 6.45) is 9.96. The highest BCUT2D eigenvalue weighted by atomic mass is 14.6. The Bertz CT molecular complexity index is 133. The standard InChI is InChI=1S/C10H19N/c11-10-6-5-8-3-1-2-4-9(8)7-10/h8-10H,1-7,11H2/t8?,9-,10-/m0/s1. The zero-order chi connectivity index (χ0) is 7.68. The van der Waals surface area contributed by atoms with E-state index in [9.17, 15) is 0 Å². The predicted molar refractivity (Wildman–Crippen MR) is 47.3 cm³/mol. The molecule has 0 heterocycles. The van der Waals surface area contributed by atoms with E-state index in [0.717, 1.165) is 11.8 Å². The van der Waals surface area contributed by atoms with E-state index in [1.54, 1.807) is 0 Å². The molecule has 1 nitrogen and oxygen atoms in total. The van der Waals surface area contributed by atoms with Gasteiger partial charge in [0.1, 0.15) is 0 Å². The van der Waals surface area contributed by atoms with Crippen molar-refractivity contribution < 1.29 is 0 Å². The van der Waals surface area contributed by atoms with Crippen molar-refractivity contribution in [3.05, 3.63) is 0 Å². The largest absolute Gasteiger partial charge is 0.328 e. The van der Waals surface area contributed by atoms with Gasteiger partial charge in [-0.15, -0.1) is 0 Å². The van der Waals surface area contributed by atoms with Crippen molar-refractivity contribution >= 4 is 0 Å². The summed E-state index contributed by atoms with van der Waals surface area (Å²) < 4.78 is 0. The van der Waals surface area contributed by atoms with Gasteiger partial charge in [-0.25, -0.2) is 0 Å². The molecule has 64 valence electrons. The van der Waals surface area contributed by atoms with Gasteiger partial charge in [0.15, 0.2) is 0 Å². The van der Waals surface area contributed by atoms with E-state index >= 15 is 0 Å². The Balaban J connectivity index is 1.93. The second-order valence-corrected chi connectivity index (χ2v) is 4.38. The van der Waals surface area contributed by atoms with Crippen molar-refractivity contribution in [2.24, 2.45) is 17.6 Å². The Kier molecular flexibility index (Phi) is 2.17. The molecule has 2 rings (SSSR count). The molecular weight excluding hydrogens is 134 g/mol. The fourth-order valence-corrected chi connectivity index (χ4v) is 2.91. The van der Waals surface area contributed by atoms with Crippen LogP contribution in [-0.4, -0.2) is 6.04 Å². The van der Waals surface area contributed by atoms with Crippen LogP contribution in [0.15, 0.2) is 0 Å². The van der Waals surface area contributed by atoms with Gasteiger partial charge in [0, 0.05) is 6.04 Å². The maximum absolute atomic E-state index is 5.94. The molecule has 2 saturated carbocycles. The van der Waals surface area contributed by atoms with Crippen LogP contribution in [0, 0.1) is 11.8 Å². The number of rotatable bonds is 0. The summed E-state index contributed by atoms with van der Waals surface area (Å²) in [5.74, 6) is 2.07. The molecule has 1 unspecified atom stereocenters. The van der Waals surface area contributed by atoms with Gasteiger partial charge in [-0.2, -0.15) is 0 Å². The first-order chi connectivity index (χ1) is 5.36. The fourth-order valence-electron chi connectivity index (χ4n) is 2.91. The average Bonchev–Trinajstić information content (AvgIpc) is 2.04. The summed E-state index contributed by atoms with van der Waals surface area (Å²) in [6, 6.07) is 0.536. The molecule has 0 spiro atoms. The second kappa shape index (κ2) is 3.14. The molecule has 0 radical (unpaired) electrons. The van der Waals surface area contributed by atoms with Crippen molar-refractivity contribution in [2.45, 2.75) is 51.0 Å². The van der Waals surface area contributed by atoms with E-state index in [-0.39, 0.29) is 0 Å². The number of nitrogens with two attached hydrogens (primary N) is 1. The summed E-state index contributed by atoms with van der Waals surface area (Å²) in [5.41, 5.74) is 5.94. The Morgan fingerprint density at radius 1 is 0.818 bits per heavy atom. The lowest BCUT2D eigenvalue weighted by atomic mass is 9.70. The predicted octanol–water partition coefficient (Wildman–Crippen LogP) is 2.30. The Morgan fingerprint density at radius 2 is 1.55 bits per heavy atom. The normalized spacial score (nSPS) is 45.0. The van der Waals surface area contributed by atoms with E-state index in [4.69, 9.17) is 5.73 Å². The van der Waals surface area contributed by atoms with Gasteiger partial charge in [-0.3, -0.25) is 0 Å². The van der Waals surface area contributed by atoms with Crippen LogP contribution in [0.5, 0.6) is 0 Å². The quantitative estimate of drug-likeness (QED) is 0.568. The molecular formula is C10H19N. The topological polar surface area (TPSA) is 26.0 Å². The highest BCUT2D eigenvalue weighted by Gasteiger charge is 2.30. The van der Waals surface area contributed by atoms with Crippen molar-refractivity contribution in [2.75, 3.05) is 0 Å². The summed E-state index contributed by atoms with van der Waals surface area (Å²) in [5, 5.41) is 0. The molecule has 0 aromatic rings. The molecule has 3 atom stereocenters. The first kappa shape index (κ1) is 7.60. The molecule has 0 aliphatic heterocycles. The third kappa shape index (κ3) is 1.58. The van der Waals surface area contributed by atoms with Crippen LogP contribution in [0.25, 0.3) is 0 Å². The van der Waals surface area contributed by atoms with Crippen LogP contribution in [0.4, 0.5) is 0 Å². The molecule has 2 N–H and O–H groups in total. The van der Waals surface area contributed by atoms with Gasteiger partial charge >= 0.3 is 0 Å². The molecule has 0 aromatic heterocycles. The molecule has 0 bridgehead atoms. The lowest BCUT2D eigenvalue weighted by molar-refractivity contribution is 0.157. The Morgan fingerprint density at radius 3 is 2.36 bits per heavy atom. The zero-order valence-electron chi connectivity index (χ0n) is 7.26.